The lowest BCUT2D eigenvalue weighted by atomic mass is 10.1. The molecule has 24 heteroatoms. The zero-order chi connectivity index (χ0) is 32.7. The largest absolute Gasteiger partial charge is 0.472 e. The highest BCUT2D eigenvalue weighted by atomic mass is 35.5. The molecule has 0 saturated carbocycles. The summed E-state index contributed by atoms with van der Waals surface area (Å²) in [7, 11) is -10.2. The van der Waals surface area contributed by atoms with Gasteiger partial charge in [0.15, 0.2) is 23.6 Å². The molecule has 2 bridgehead atoms. The van der Waals surface area contributed by atoms with Crippen molar-refractivity contribution in [3.63, 3.8) is 0 Å². The number of aliphatic hydroxyl groups excluding tert-OH is 2. The van der Waals surface area contributed by atoms with Crippen LogP contribution in [0.2, 0.25) is 10.0 Å². The van der Waals surface area contributed by atoms with Gasteiger partial charge < -0.3 is 39.8 Å². The first-order valence-electron chi connectivity index (χ1n) is 13.2. The Labute approximate surface area is 265 Å². The first kappa shape index (κ1) is 32.0. The van der Waals surface area contributed by atoms with Crippen molar-refractivity contribution in [1.29, 1.82) is 0 Å². The molecule has 4 unspecified atom stereocenters. The maximum absolute atomic E-state index is 13.2. The predicted molar refractivity (Wildman–Crippen MR) is 153 cm³/mol. The van der Waals surface area contributed by atoms with Gasteiger partial charge in [-0.25, -0.2) is 19.1 Å². The third-order valence-corrected chi connectivity index (χ3v) is 10.2. The normalized spacial score (nSPS) is 37.2. The molecule has 46 heavy (non-hydrogen) atoms. The zero-order valence-corrected chi connectivity index (χ0v) is 26.1. The van der Waals surface area contributed by atoms with Gasteiger partial charge in [-0.15, -0.1) is 0 Å². The van der Waals surface area contributed by atoms with E-state index in [0.717, 1.165) is 10.9 Å². The van der Waals surface area contributed by atoms with Crippen LogP contribution in [-0.2, 0) is 36.7 Å². The molecule has 0 radical (unpaired) electrons. The molecule has 6 heterocycles. The SMILES string of the molecule is Nc1nc2c(ncn2[C@@H]2O[C@@H]3COP(=O)(O)O[C@@H]4C(O)[C@H](n5cnc6cc(Cl)c(Cl)cc65)O[C@@H]4COP(=O)(O)O[C@H]2C3O)c(=O)[nH]1. The Balaban J connectivity index is 1.21. The minimum absolute atomic E-state index is 0.127. The number of hydrogen-bond donors (Lipinski definition) is 6. The van der Waals surface area contributed by atoms with E-state index in [1.807, 2.05) is 0 Å². The number of nitrogens with two attached hydrogens (primary N) is 1. The number of halogens is 2. The van der Waals surface area contributed by atoms with E-state index in [4.69, 9.17) is 56.5 Å². The van der Waals surface area contributed by atoms with Crippen molar-refractivity contribution in [3.05, 3.63) is 45.2 Å². The molecule has 10 atom stereocenters. The predicted octanol–water partition coefficient (Wildman–Crippen LogP) is 0.593. The molecular formula is C22H23Cl2N7O13P2. The van der Waals surface area contributed by atoms with Crippen LogP contribution in [0.4, 0.5) is 5.95 Å². The highest BCUT2D eigenvalue weighted by molar-refractivity contribution is 7.47. The van der Waals surface area contributed by atoms with Crippen LogP contribution < -0.4 is 11.3 Å². The van der Waals surface area contributed by atoms with Gasteiger partial charge in [0.1, 0.15) is 36.6 Å². The smallest absolute Gasteiger partial charge is 0.387 e. The summed E-state index contributed by atoms with van der Waals surface area (Å²) in [5.74, 6) is -0.283. The van der Waals surface area contributed by atoms with Crippen molar-refractivity contribution in [1.82, 2.24) is 29.1 Å². The Morgan fingerprint density at radius 2 is 1.52 bits per heavy atom. The van der Waals surface area contributed by atoms with Gasteiger partial charge in [0.05, 0.1) is 46.9 Å². The number of nitrogen functional groups attached to an aromatic ring is 1. The number of phosphoric ester groups is 2. The van der Waals surface area contributed by atoms with Gasteiger partial charge in [0, 0.05) is 0 Å². The molecule has 4 aromatic rings. The van der Waals surface area contributed by atoms with Crippen molar-refractivity contribution >= 4 is 67.0 Å². The molecule has 0 spiro atoms. The number of phosphoric acid groups is 2. The van der Waals surface area contributed by atoms with E-state index in [-0.39, 0.29) is 27.2 Å². The Hall–Kier alpha value is -2.52. The molecule has 7 N–H and O–H groups in total. The molecule has 0 amide bonds. The average Bonchev–Trinajstić information content (AvgIpc) is 3.72. The summed E-state index contributed by atoms with van der Waals surface area (Å²) < 4.78 is 61.4. The fraction of sp³-hybridized carbons (Fsp3) is 0.455. The molecule has 3 fully saturated rings. The molecule has 3 aromatic heterocycles. The Morgan fingerprint density at radius 1 is 0.891 bits per heavy atom. The fourth-order valence-electron chi connectivity index (χ4n) is 5.47. The number of H-pyrrole nitrogens is 1. The Bertz CT molecular complexity index is 1990. The van der Waals surface area contributed by atoms with Gasteiger partial charge in [-0.1, -0.05) is 23.2 Å². The van der Waals surface area contributed by atoms with E-state index < -0.39 is 83.5 Å². The lowest BCUT2D eigenvalue weighted by Crippen LogP contribution is -2.36. The van der Waals surface area contributed by atoms with E-state index in [1.165, 1.54) is 23.0 Å². The first-order chi connectivity index (χ1) is 21.7. The van der Waals surface area contributed by atoms with Crippen LogP contribution in [0.25, 0.3) is 22.2 Å². The number of imidazole rings is 2. The Morgan fingerprint density at radius 3 is 2.26 bits per heavy atom. The number of benzene rings is 1. The summed E-state index contributed by atoms with van der Waals surface area (Å²) in [5.41, 5.74) is 5.41. The van der Waals surface area contributed by atoms with Crippen molar-refractivity contribution in [3.8, 4) is 0 Å². The highest BCUT2D eigenvalue weighted by Crippen LogP contribution is 2.53. The number of nitrogens with zero attached hydrogens (tertiary/aromatic N) is 5. The second-order valence-corrected chi connectivity index (χ2v) is 14.1. The van der Waals surface area contributed by atoms with Gasteiger partial charge in [0.2, 0.25) is 5.95 Å². The summed E-state index contributed by atoms with van der Waals surface area (Å²) in [5, 5.41) is 22.6. The summed E-state index contributed by atoms with van der Waals surface area (Å²) in [6, 6.07) is 2.94. The number of fused-ring (bicyclic) bond motifs is 5. The van der Waals surface area contributed by atoms with Crippen LogP contribution in [0.3, 0.4) is 0 Å². The van der Waals surface area contributed by atoms with Gasteiger partial charge in [-0.2, -0.15) is 4.98 Å². The summed E-state index contributed by atoms with van der Waals surface area (Å²) in [6.45, 7) is -1.64. The number of rotatable bonds is 2. The number of aliphatic hydroxyl groups is 2. The van der Waals surface area contributed by atoms with E-state index in [2.05, 4.69) is 19.9 Å². The van der Waals surface area contributed by atoms with Gasteiger partial charge in [0.25, 0.3) is 5.56 Å². The van der Waals surface area contributed by atoms with Gasteiger partial charge in [-0.05, 0) is 12.1 Å². The molecule has 1 aromatic carbocycles. The van der Waals surface area contributed by atoms with Crippen molar-refractivity contribution in [2.45, 2.75) is 49.1 Å². The first-order valence-corrected chi connectivity index (χ1v) is 17.0. The summed E-state index contributed by atoms with van der Waals surface area (Å²) in [6.07, 6.45) is -10.2. The average molecular weight is 726 g/mol. The van der Waals surface area contributed by atoms with Crippen LogP contribution in [0.5, 0.6) is 0 Å². The lowest BCUT2D eigenvalue weighted by Gasteiger charge is -2.25. The van der Waals surface area contributed by atoms with Gasteiger partial charge >= 0.3 is 15.6 Å². The number of aromatic nitrogens is 6. The molecule has 7 rings (SSSR count). The lowest BCUT2D eigenvalue weighted by molar-refractivity contribution is -0.0671. The second-order valence-electron chi connectivity index (χ2n) is 10.5. The van der Waals surface area contributed by atoms with Crippen LogP contribution in [0.1, 0.15) is 12.5 Å². The van der Waals surface area contributed by atoms with Crippen LogP contribution >= 0.6 is 38.8 Å². The van der Waals surface area contributed by atoms with E-state index in [0.29, 0.717) is 11.0 Å². The maximum atomic E-state index is 13.2. The van der Waals surface area contributed by atoms with E-state index in [9.17, 15) is 33.9 Å². The second kappa shape index (κ2) is 11.6. The number of anilines is 1. The maximum Gasteiger partial charge on any atom is 0.472 e. The Kier molecular flexibility index (Phi) is 8.06. The molecule has 3 aliphatic rings. The number of nitrogens with one attached hydrogen (secondary N) is 1. The number of hydrogen-bond acceptors (Lipinski definition) is 15. The quantitative estimate of drug-likeness (QED) is 0.154. The van der Waals surface area contributed by atoms with Crippen LogP contribution in [-0.4, -0.2) is 98.9 Å². The minimum Gasteiger partial charge on any atom is -0.387 e. The van der Waals surface area contributed by atoms with E-state index in [1.54, 1.807) is 0 Å². The van der Waals surface area contributed by atoms with Gasteiger partial charge in [-0.3, -0.25) is 32.4 Å². The molecular weight excluding hydrogens is 703 g/mol. The molecule has 248 valence electrons. The summed E-state index contributed by atoms with van der Waals surface area (Å²) >= 11 is 12.2. The van der Waals surface area contributed by atoms with Crippen LogP contribution in [0, 0.1) is 0 Å². The van der Waals surface area contributed by atoms with Crippen LogP contribution in [0.15, 0.2) is 29.6 Å². The van der Waals surface area contributed by atoms with Crippen molar-refractivity contribution < 1.29 is 56.7 Å². The zero-order valence-electron chi connectivity index (χ0n) is 22.8. The minimum atomic E-state index is -5.11. The molecule has 0 aliphatic carbocycles. The fourth-order valence-corrected chi connectivity index (χ4v) is 7.68. The van der Waals surface area contributed by atoms with E-state index >= 15 is 0 Å². The third kappa shape index (κ3) is 5.67. The third-order valence-electron chi connectivity index (χ3n) is 7.55. The van der Waals surface area contributed by atoms with Crippen molar-refractivity contribution in [2.75, 3.05) is 18.9 Å². The number of ether oxygens (including phenoxy) is 2. The highest BCUT2D eigenvalue weighted by Gasteiger charge is 2.54. The molecule has 3 aliphatic heterocycles. The number of aromatic amines is 1. The topological polar surface area (TPSA) is 278 Å². The van der Waals surface area contributed by atoms with Crippen molar-refractivity contribution in [2.24, 2.45) is 0 Å². The monoisotopic (exact) mass is 725 g/mol. The molecule has 20 nitrogen and oxygen atoms in total. The standard InChI is InChI=1S/C22H23Cl2N7O13P2/c23-7-1-9-10(2-8(7)24)30(5-26-9)20-15(33)16-12(42-20)4-40-46(37,38)44-17-14(32)11(3-39-45(35,36)43-16)41-21(17)31-6-27-13-18(31)28-22(25)29-19(13)34/h1-2,5-6,11-12,14-17,20-21,32-33H,3-4H2,(H,35,36)(H,37,38)(H3,25,28,29,34)/t11-,12-,14?,15?,16+,17+,20-,21-/m1/s1. The molecule has 3 saturated heterocycles. The summed E-state index contributed by atoms with van der Waals surface area (Å²) in [4.78, 5) is 48.1.